The van der Waals surface area contributed by atoms with Crippen LogP contribution in [-0.4, -0.2) is 53.9 Å². The summed E-state index contributed by atoms with van der Waals surface area (Å²) in [5, 5.41) is 4.24. The van der Waals surface area contributed by atoms with Crippen LogP contribution in [0.1, 0.15) is 16.1 Å². The molecule has 2 aromatic carbocycles. The third kappa shape index (κ3) is 4.56. The minimum Gasteiger partial charge on any atom is -0.469 e. The highest BCUT2D eigenvalue weighted by molar-refractivity contribution is 6.31. The number of amides is 2. The van der Waals surface area contributed by atoms with Gasteiger partial charge in [-0.3, -0.25) is 14.4 Å². The van der Waals surface area contributed by atoms with Gasteiger partial charge in [-0.05, 0) is 29.8 Å². The summed E-state index contributed by atoms with van der Waals surface area (Å²) in [6.45, 7) is 0.578. The number of carbonyl (C=O) groups is 3. The van der Waals surface area contributed by atoms with E-state index in [0.717, 1.165) is 16.5 Å². The number of H-pyrrole nitrogens is 1. The Morgan fingerprint density at radius 1 is 1.16 bits per heavy atom. The van der Waals surface area contributed by atoms with Crippen LogP contribution in [0, 0.1) is 5.92 Å². The second-order valence-electron chi connectivity index (χ2n) is 7.59. The molecule has 0 saturated carbocycles. The molecule has 0 aliphatic carbocycles. The van der Waals surface area contributed by atoms with E-state index in [2.05, 4.69) is 10.3 Å². The van der Waals surface area contributed by atoms with Crippen molar-refractivity contribution in [3.05, 3.63) is 70.9 Å². The smallest absolute Gasteiger partial charge is 0.312 e. The lowest BCUT2D eigenvalue weighted by Crippen LogP contribution is -2.59. The Labute approximate surface area is 184 Å². The zero-order valence-corrected chi connectivity index (χ0v) is 17.7. The number of benzene rings is 2. The van der Waals surface area contributed by atoms with Gasteiger partial charge in [-0.2, -0.15) is 0 Å². The van der Waals surface area contributed by atoms with Crippen LogP contribution in [0.2, 0.25) is 5.02 Å². The maximum Gasteiger partial charge on any atom is 0.312 e. The summed E-state index contributed by atoms with van der Waals surface area (Å²) >= 11 is 6.03. The van der Waals surface area contributed by atoms with Gasteiger partial charge in [-0.25, -0.2) is 0 Å². The lowest BCUT2D eigenvalue weighted by Gasteiger charge is -2.39. The average molecular weight is 440 g/mol. The third-order valence-electron chi connectivity index (χ3n) is 5.44. The number of rotatable bonds is 6. The standard InChI is InChI=1S/C23H22ClN3O4/c1-31-23(30)16-12-27(13-16)22(29)20(9-14-5-3-2-4-6-14)26-21(28)19-11-15-10-17(24)7-8-18(15)25-19/h2-8,10-11,16,20,25H,9,12-13H2,1H3,(H,26,28). The number of hydrogen-bond donors (Lipinski definition) is 2. The summed E-state index contributed by atoms with van der Waals surface area (Å²) in [6.07, 6.45) is 0.344. The van der Waals surface area contributed by atoms with Crippen molar-refractivity contribution >= 4 is 40.3 Å². The predicted octanol–water partition coefficient (Wildman–Crippen LogP) is 2.79. The molecule has 2 N–H and O–H groups in total. The molecule has 3 aromatic rings. The molecule has 4 rings (SSSR count). The van der Waals surface area contributed by atoms with Gasteiger partial charge in [0.05, 0.1) is 13.0 Å². The first-order valence-electron chi connectivity index (χ1n) is 9.94. The molecule has 31 heavy (non-hydrogen) atoms. The number of esters is 1. The van der Waals surface area contributed by atoms with Crippen molar-refractivity contribution in [3.8, 4) is 0 Å². The van der Waals surface area contributed by atoms with E-state index in [0.29, 0.717) is 17.1 Å². The molecule has 0 radical (unpaired) electrons. The molecular formula is C23H22ClN3O4. The highest BCUT2D eigenvalue weighted by Crippen LogP contribution is 2.21. The molecule has 1 aromatic heterocycles. The van der Waals surface area contributed by atoms with Crippen LogP contribution in [-0.2, 0) is 20.7 Å². The van der Waals surface area contributed by atoms with E-state index in [1.54, 1.807) is 29.2 Å². The summed E-state index contributed by atoms with van der Waals surface area (Å²) < 4.78 is 4.74. The molecule has 8 heteroatoms. The lowest BCUT2D eigenvalue weighted by molar-refractivity contribution is -0.156. The normalized spacial score (nSPS) is 14.7. The first-order valence-corrected chi connectivity index (χ1v) is 10.3. The fraction of sp³-hybridized carbons (Fsp3) is 0.261. The predicted molar refractivity (Wildman–Crippen MR) is 117 cm³/mol. The van der Waals surface area contributed by atoms with Gasteiger partial charge >= 0.3 is 5.97 Å². The number of ether oxygens (including phenoxy) is 1. The molecule has 0 spiro atoms. The number of hydrogen-bond acceptors (Lipinski definition) is 4. The largest absolute Gasteiger partial charge is 0.469 e. The highest BCUT2D eigenvalue weighted by Gasteiger charge is 2.39. The molecule has 160 valence electrons. The van der Waals surface area contributed by atoms with E-state index in [-0.39, 0.29) is 36.8 Å². The number of carbonyl (C=O) groups excluding carboxylic acids is 3. The fourth-order valence-electron chi connectivity index (χ4n) is 3.71. The van der Waals surface area contributed by atoms with Gasteiger partial charge in [0.1, 0.15) is 11.7 Å². The number of aromatic nitrogens is 1. The Kier molecular flexibility index (Phi) is 5.95. The Hall–Kier alpha value is -3.32. The Balaban J connectivity index is 1.51. The van der Waals surface area contributed by atoms with Gasteiger partial charge in [0.25, 0.3) is 5.91 Å². The van der Waals surface area contributed by atoms with Gasteiger partial charge in [-0.1, -0.05) is 41.9 Å². The summed E-state index contributed by atoms with van der Waals surface area (Å²) in [4.78, 5) is 42.3. The second kappa shape index (κ2) is 8.81. The minimum atomic E-state index is -0.761. The molecule has 2 heterocycles. The Bertz CT molecular complexity index is 1120. The number of halogens is 1. The molecule has 1 fully saturated rings. The number of fused-ring (bicyclic) bond motifs is 1. The molecule has 1 aliphatic heterocycles. The number of nitrogens with zero attached hydrogens (tertiary/aromatic N) is 1. The highest BCUT2D eigenvalue weighted by atomic mass is 35.5. The zero-order valence-electron chi connectivity index (χ0n) is 16.9. The quantitative estimate of drug-likeness (QED) is 0.578. The van der Waals surface area contributed by atoms with E-state index < -0.39 is 6.04 Å². The number of methoxy groups -OCH3 is 1. The van der Waals surface area contributed by atoms with E-state index in [9.17, 15) is 14.4 Å². The molecule has 7 nitrogen and oxygen atoms in total. The maximum absolute atomic E-state index is 13.1. The molecular weight excluding hydrogens is 418 g/mol. The monoisotopic (exact) mass is 439 g/mol. The number of nitrogens with one attached hydrogen (secondary N) is 2. The summed E-state index contributed by atoms with van der Waals surface area (Å²) in [6, 6.07) is 15.7. The van der Waals surface area contributed by atoms with Gasteiger partial charge in [0, 0.05) is 35.4 Å². The van der Waals surface area contributed by atoms with Gasteiger partial charge in [0.15, 0.2) is 0 Å². The zero-order chi connectivity index (χ0) is 22.0. The Morgan fingerprint density at radius 3 is 2.61 bits per heavy atom. The van der Waals surface area contributed by atoms with Crippen LogP contribution in [0.3, 0.4) is 0 Å². The van der Waals surface area contributed by atoms with Crippen molar-refractivity contribution in [1.29, 1.82) is 0 Å². The topological polar surface area (TPSA) is 91.5 Å². The molecule has 0 bridgehead atoms. The fourth-order valence-corrected chi connectivity index (χ4v) is 3.89. The minimum absolute atomic E-state index is 0.225. The van der Waals surface area contributed by atoms with Crippen molar-refractivity contribution in [2.45, 2.75) is 12.5 Å². The average Bonchev–Trinajstić information content (AvgIpc) is 3.16. The molecule has 2 amide bonds. The van der Waals surface area contributed by atoms with E-state index in [1.165, 1.54) is 7.11 Å². The third-order valence-corrected chi connectivity index (χ3v) is 5.68. The van der Waals surface area contributed by atoms with Gasteiger partial charge < -0.3 is 19.9 Å². The van der Waals surface area contributed by atoms with Crippen molar-refractivity contribution in [2.75, 3.05) is 20.2 Å². The van der Waals surface area contributed by atoms with Crippen molar-refractivity contribution in [3.63, 3.8) is 0 Å². The lowest BCUT2D eigenvalue weighted by atomic mass is 9.97. The second-order valence-corrected chi connectivity index (χ2v) is 8.03. The maximum atomic E-state index is 13.1. The number of aromatic amines is 1. The molecule has 1 unspecified atom stereocenters. The summed E-state index contributed by atoms with van der Waals surface area (Å²) in [5.74, 6) is -1.26. The van der Waals surface area contributed by atoms with Crippen LogP contribution in [0.4, 0.5) is 0 Å². The van der Waals surface area contributed by atoms with E-state index in [1.807, 2.05) is 30.3 Å². The van der Waals surface area contributed by atoms with Crippen LogP contribution < -0.4 is 5.32 Å². The van der Waals surface area contributed by atoms with Crippen molar-refractivity contribution in [1.82, 2.24) is 15.2 Å². The Morgan fingerprint density at radius 2 is 1.90 bits per heavy atom. The van der Waals surface area contributed by atoms with Crippen LogP contribution in [0.15, 0.2) is 54.6 Å². The van der Waals surface area contributed by atoms with Crippen LogP contribution in [0.25, 0.3) is 10.9 Å². The SMILES string of the molecule is COC(=O)C1CN(C(=O)C(Cc2ccccc2)NC(=O)c2cc3cc(Cl)ccc3[nH]2)C1. The first kappa shape index (κ1) is 20.9. The van der Waals surface area contributed by atoms with E-state index in [4.69, 9.17) is 16.3 Å². The van der Waals surface area contributed by atoms with Gasteiger partial charge in [0.2, 0.25) is 5.91 Å². The summed E-state index contributed by atoms with van der Waals surface area (Å²) in [5.41, 5.74) is 2.05. The van der Waals surface area contributed by atoms with Crippen LogP contribution >= 0.6 is 11.6 Å². The van der Waals surface area contributed by atoms with E-state index >= 15 is 0 Å². The van der Waals surface area contributed by atoms with Gasteiger partial charge in [-0.15, -0.1) is 0 Å². The van der Waals surface area contributed by atoms with Crippen molar-refractivity contribution < 1.29 is 19.1 Å². The molecule has 1 atom stereocenters. The van der Waals surface area contributed by atoms with Crippen LogP contribution in [0.5, 0.6) is 0 Å². The molecule has 1 aliphatic rings. The molecule has 1 saturated heterocycles. The number of likely N-dealkylation sites (tertiary alicyclic amines) is 1. The van der Waals surface area contributed by atoms with Crippen molar-refractivity contribution in [2.24, 2.45) is 5.92 Å². The summed E-state index contributed by atoms with van der Waals surface area (Å²) in [7, 11) is 1.33. The first-order chi connectivity index (χ1) is 14.9.